The maximum absolute atomic E-state index is 11.2. The number of hydroxylamine groups is 3. The molecule has 1 aliphatic rings. The summed E-state index contributed by atoms with van der Waals surface area (Å²) >= 11 is 0. The Kier molecular flexibility index (Phi) is 1.78. The van der Waals surface area contributed by atoms with E-state index in [1.807, 2.05) is 6.92 Å². The van der Waals surface area contributed by atoms with Crippen molar-refractivity contribution in [3.8, 4) is 0 Å². The molecule has 54 valence electrons. The molecule has 1 aliphatic heterocycles. The van der Waals surface area contributed by atoms with E-state index in [0.29, 0.717) is 6.04 Å². The van der Waals surface area contributed by atoms with Gasteiger partial charge in [-0.05, 0) is 6.92 Å². The average Bonchev–Trinajstić information content (AvgIpc) is 2.46. The second-order valence-electron chi connectivity index (χ2n) is 2.89. The van der Waals surface area contributed by atoms with Crippen LogP contribution in [0.1, 0.15) is 26.7 Å². The average molecular weight is 129 g/mol. The van der Waals surface area contributed by atoms with E-state index in [-0.39, 0.29) is 4.65 Å². The normalized spacial score (nSPS) is 41.0. The quantitative estimate of drug-likeness (QED) is 0.322. The van der Waals surface area contributed by atoms with Gasteiger partial charge in [0.15, 0.2) is 0 Å². The van der Waals surface area contributed by atoms with E-state index in [0.717, 1.165) is 25.9 Å². The Morgan fingerprint density at radius 3 is 2.56 bits per heavy atom. The SMILES string of the molecule is CCCC1C[N+]1([O-])CC. The minimum atomic E-state index is 0.0911. The smallest absolute Gasteiger partial charge is 0.139 e. The Balaban J connectivity index is 2.22. The highest BCUT2D eigenvalue weighted by atomic mass is 16.6. The van der Waals surface area contributed by atoms with Gasteiger partial charge in [-0.25, -0.2) is 0 Å². The summed E-state index contributed by atoms with van der Waals surface area (Å²) in [7, 11) is 0. The third-order valence-corrected chi connectivity index (χ3v) is 2.21. The first-order chi connectivity index (χ1) is 4.23. The van der Waals surface area contributed by atoms with Crippen LogP contribution in [0.15, 0.2) is 0 Å². The van der Waals surface area contributed by atoms with E-state index in [4.69, 9.17) is 0 Å². The van der Waals surface area contributed by atoms with Gasteiger partial charge in [-0.15, -0.1) is 0 Å². The van der Waals surface area contributed by atoms with E-state index in [9.17, 15) is 5.21 Å². The predicted molar refractivity (Wildman–Crippen MR) is 37.7 cm³/mol. The third kappa shape index (κ3) is 1.25. The maximum Gasteiger partial charge on any atom is 0.139 e. The molecule has 9 heavy (non-hydrogen) atoms. The fourth-order valence-electron chi connectivity index (χ4n) is 1.36. The molecule has 0 bridgehead atoms. The van der Waals surface area contributed by atoms with E-state index in [1.165, 1.54) is 0 Å². The Bertz CT molecular complexity index is 103. The van der Waals surface area contributed by atoms with Crippen LogP contribution in [0, 0.1) is 5.21 Å². The predicted octanol–water partition coefficient (Wildman–Crippen LogP) is 1.50. The molecular formula is C7H15NO. The van der Waals surface area contributed by atoms with Crippen LogP contribution >= 0.6 is 0 Å². The Hall–Kier alpha value is -0.0800. The molecule has 1 fully saturated rings. The fraction of sp³-hybridized carbons (Fsp3) is 1.00. The summed E-state index contributed by atoms with van der Waals surface area (Å²) in [6.45, 7) is 5.76. The van der Waals surface area contributed by atoms with Crippen molar-refractivity contribution in [2.75, 3.05) is 13.1 Å². The van der Waals surface area contributed by atoms with Crippen LogP contribution in [-0.4, -0.2) is 23.8 Å². The Morgan fingerprint density at radius 2 is 2.22 bits per heavy atom. The van der Waals surface area contributed by atoms with Crippen LogP contribution in [-0.2, 0) is 0 Å². The van der Waals surface area contributed by atoms with Gasteiger partial charge < -0.3 is 9.85 Å². The lowest BCUT2D eigenvalue weighted by atomic mass is 10.3. The van der Waals surface area contributed by atoms with Crippen LogP contribution in [0.4, 0.5) is 0 Å². The van der Waals surface area contributed by atoms with Crippen molar-refractivity contribution in [2.45, 2.75) is 32.7 Å². The molecule has 0 aromatic rings. The summed E-state index contributed by atoms with van der Waals surface area (Å²) in [5.74, 6) is 0. The molecule has 0 aromatic carbocycles. The summed E-state index contributed by atoms with van der Waals surface area (Å²) in [5.41, 5.74) is 0. The van der Waals surface area contributed by atoms with E-state index in [2.05, 4.69) is 6.92 Å². The number of hydrogen-bond donors (Lipinski definition) is 0. The summed E-state index contributed by atoms with van der Waals surface area (Å²) < 4.78 is 0.0911. The highest BCUT2D eigenvalue weighted by molar-refractivity contribution is 4.73. The molecule has 0 aliphatic carbocycles. The zero-order valence-electron chi connectivity index (χ0n) is 6.26. The molecule has 0 amide bonds. The second kappa shape index (κ2) is 2.27. The third-order valence-electron chi connectivity index (χ3n) is 2.21. The van der Waals surface area contributed by atoms with E-state index < -0.39 is 0 Å². The van der Waals surface area contributed by atoms with Gasteiger partial charge in [0.2, 0.25) is 0 Å². The lowest BCUT2D eigenvalue weighted by Gasteiger charge is -2.21. The topological polar surface area (TPSA) is 23.1 Å². The van der Waals surface area contributed by atoms with Crippen LogP contribution in [0.25, 0.3) is 0 Å². The molecule has 2 nitrogen and oxygen atoms in total. The zero-order valence-corrected chi connectivity index (χ0v) is 6.26. The van der Waals surface area contributed by atoms with Crippen LogP contribution in [0.5, 0.6) is 0 Å². The van der Waals surface area contributed by atoms with Crippen molar-refractivity contribution in [3.05, 3.63) is 5.21 Å². The van der Waals surface area contributed by atoms with Crippen molar-refractivity contribution < 1.29 is 4.65 Å². The Morgan fingerprint density at radius 1 is 1.56 bits per heavy atom. The molecular weight excluding hydrogens is 114 g/mol. The van der Waals surface area contributed by atoms with Gasteiger partial charge in [0.05, 0.1) is 6.54 Å². The molecule has 0 radical (unpaired) electrons. The van der Waals surface area contributed by atoms with Crippen molar-refractivity contribution in [1.29, 1.82) is 0 Å². The van der Waals surface area contributed by atoms with Crippen molar-refractivity contribution in [1.82, 2.24) is 0 Å². The zero-order chi connectivity index (χ0) is 6.91. The van der Waals surface area contributed by atoms with Gasteiger partial charge >= 0.3 is 0 Å². The number of hydrogen-bond acceptors (Lipinski definition) is 1. The number of rotatable bonds is 3. The van der Waals surface area contributed by atoms with E-state index in [1.54, 1.807) is 0 Å². The molecule has 2 atom stereocenters. The van der Waals surface area contributed by atoms with Crippen LogP contribution in [0.2, 0.25) is 0 Å². The molecule has 0 aromatic heterocycles. The molecule has 0 spiro atoms. The van der Waals surface area contributed by atoms with Gasteiger partial charge in [0.25, 0.3) is 0 Å². The van der Waals surface area contributed by atoms with Crippen LogP contribution < -0.4 is 0 Å². The van der Waals surface area contributed by atoms with Crippen molar-refractivity contribution in [2.24, 2.45) is 0 Å². The monoisotopic (exact) mass is 129 g/mol. The molecule has 1 saturated heterocycles. The number of quaternary nitrogens is 1. The van der Waals surface area contributed by atoms with Crippen molar-refractivity contribution >= 4 is 0 Å². The van der Waals surface area contributed by atoms with Gasteiger partial charge in [0, 0.05) is 6.42 Å². The summed E-state index contributed by atoms with van der Waals surface area (Å²) in [5, 5.41) is 11.2. The summed E-state index contributed by atoms with van der Waals surface area (Å²) in [6.07, 6.45) is 2.28. The van der Waals surface area contributed by atoms with Crippen molar-refractivity contribution in [3.63, 3.8) is 0 Å². The standard InChI is InChI=1S/C7H15NO/c1-3-5-7-6-8(7,9)4-2/h7H,3-6H2,1-2H3. The first-order valence-corrected chi connectivity index (χ1v) is 3.80. The number of likely N-dealkylation sites (N-methyl/N-ethyl adjacent to an activating group) is 1. The molecule has 1 heterocycles. The highest BCUT2D eigenvalue weighted by Crippen LogP contribution is 2.31. The second-order valence-corrected chi connectivity index (χ2v) is 2.89. The minimum absolute atomic E-state index is 0.0911. The van der Waals surface area contributed by atoms with Gasteiger partial charge in [-0.3, -0.25) is 0 Å². The summed E-state index contributed by atoms with van der Waals surface area (Å²) in [6, 6.07) is 0.458. The highest BCUT2D eigenvalue weighted by Gasteiger charge is 2.44. The lowest BCUT2D eigenvalue weighted by molar-refractivity contribution is -0.757. The maximum atomic E-state index is 11.2. The summed E-state index contributed by atoms with van der Waals surface area (Å²) in [4.78, 5) is 0. The number of nitrogens with zero attached hydrogens (tertiary/aromatic N) is 1. The first kappa shape index (κ1) is 7.03. The fourth-order valence-corrected chi connectivity index (χ4v) is 1.36. The van der Waals surface area contributed by atoms with E-state index >= 15 is 0 Å². The Labute approximate surface area is 56.6 Å². The molecule has 0 N–H and O–H groups in total. The molecule has 1 rings (SSSR count). The van der Waals surface area contributed by atoms with Crippen LogP contribution in [0.3, 0.4) is 0 Å². The van der Waals surface area contributed by atoms with Gasteiger partial charge in [0.1, 0.15) is 12.6 Å². The molecule has 2 heteroatoms. The largest absolute Gasteiger partial charge is 0.632 e. The first-order valence-electron chi connectivity index (χ1n) is 3.80. The van der Waals surface area contributed by atoms with Gasteiger partial charge in [-0.1, -0.05) is 13.3 Å². The molecule has 0 saturated carbocycles. The lowest BCUT2D eigenvalue weighted by Crippen LogP contribution is -2.19. The minimum Gasteiger partial charge on any atom is -0.632 e. The van der Waals surface area contributed by atoms with Gasteiger partial charge in [-0.2, -0.15) is 0 Å². The molecule has 2 unspecified atom stereocenters.